The molecule has 4 heteroatoms. The van der Waals surface area contributed by atoms with E-state index in [1.807, 2.05) is 6.20 Å². The van der Waals surface area contributed by atoms with E-state index < -0.39 is 0 Å². The highest BCUT2D eigenvalue weighted by molar-refractivity contribution is 9.10. The molecule has 0 bridgehead atoms. The minimum absolute atomic E-state index is 0.753. The molecule has 3 nitrogen and oxygen atoms in total. The quantitative estimate of drug-likeness (QED) is 0.836. The lowest BCUT2D eigenvalue weighted by Gasteiger charge is -2.24. The third-order valence-corrected chi connectivity index (χ3v) is 4.33. The van der Waals surface area contributed by atoms with Crippen LogP contribution < -0.4 is 4.90 Å². The fourth-order valence-corrected chi connectivity index (χ4v) is 3.14. The van der Waals surface area contributed by atoms with Crippen LogP contribution in [-0.2, 0) is 0 Å². The predicted molar refractivity (Wildman–Crippen MR) is 73.4 cm³/mol. The van der Waals surface area contributed by atoms with E-state index in [1.165, 1.54) is 32.4 Å². The summed E-state index contributed by atoms with van der Waals surface area (Å²) in [6, 6.07) is 4.94. The molecule has 2 aliphatic heterocycles. The van der Waals surface area contributed by atoms with Crippen LogP contribution in [0, 0.1) is 0 Å². The van der Waals surface area contributed by atoms with Crippen molar-refractivity contribution in [3.63, 3.8) is 0 Å². The number of rotatable bonds is 2. The number of hydrogen-bond acceptors (Lipinski definition) is 3. The summed E-state index contributed by atoms with van der Waals surface area (Å²) in [4.78, 5) is 9.55. The molecule has 17 heavy (non-hydrogen) atoms. The highest BCUT2D eigenvalue weighted by atomic mass is 79.9. The van der Waals surface area contributed by atoms with Gasteiger partial charge in [-0.1, -0.05) is 0 Å². The molecule has 0 radical (unpaired) electrons. The Bertz CT molecular complexity index is 373. The molecule has 3 rings (SSSR count). The summed E-state index contributed by atoms with van der Waals surface area (Å²) in [5.41, 5.74) is 0. The van der Waals surface area contributed by atoms with Crippen molar-refractivity contribution in [2.45, 2.75) is 25.3 Å². The van der Waals surface area contributed by atoms with Gasteiger partial charge >= 0.3 is 0 Å². The van der Waals surface area contributed by atoms with Crippen molar-refractivity contribution < 1.29 is 0 Å². The van der Waals surface area contributed by atoms with Crippen molar-refractivity contribution in [3.8, 4) is 0 Å². The summed E-state index contributed by atoms with van der Waals surface area (Å²) in [5, 5.41) is 0. The van der Waals surface area contributed by atoms with Crippen LogP contribution >= 0.6 is 15.9 Å². The van der Waals surface area contributed by atoms with Gasteiger partial charge in [-0.05, 0) is 60.4 Å². The van der Waals surface area contributed by atoms with E-state index in [2.05, 4.69) is 42.8 Å². The van der Waals surface area contributed by atoms with Crippen molar-refractivity contribution in [1.29, 1.82) is 0 Å². The van der Waals surface area contributed by atoms with Crippen LogP contribution in [0.5, 0.6) is 0 Å². The molecular weight excluding hydrogens is 278 g/mol. The lowest BCUT2D eigenvalue weighted by atomic mass is 10.2. The van der Waals surface area contributed by atoms with Gasteiger partial charge in [0.1, 0.15) is 5.82 Å². The molecule has 0 amide bonds. The standard InChI is InChI=1S/C13H18BrN3/c14-11-3-4-13(15-9-11)17-8-5-12(10-17)16-6-1-2-7-16/h3-4,9,12H,1-2,5-8,10H2/t12-/m0/s1. The number of halogens is 1. The minimum Gasteiger partial charge on any atom is -0.355 e. The van der Waals surface area contributed by atoms with E-state index in [9.17, 15) is 0 Å². The van der Waals surface area contributed by atoms with Crippen LogP contribution in [0.15, 0.2) is 22.8 Å². The third kappa shape index (κ3) is 2.47. The average molecular weight is 296 g/mol. The van der Waals surface area contributed by atoms with Gasteiger partial charge in [-0.3, -0.25) is 4.90 Å². The zero-order chi connectivity index (χ0) is 11.7. The summed E-state index contributed by atoms with van der Waals surface area (Å²) >= 11 is 3.43. The summed E-state index contributed by atoms with van der Waals surface area (Å²) in [6.07, 6.45) is 5.94. The van der Waals surface area contributed by atoms with Crippen LogP contribution in [0.2, 0.25) is 0 Å². The molecule has 0 saturated carbocycles. The van der Waals surface area contributed by atoms with Gasteiger partial charge in [-0.25, -0.2) is 4.98 Å². The van der Waals surface area contributed by atoms with Crippen molar-refractivity contribution >= 4 is 21.7 Å². The maximum atomic E-state index is 4.48. The summed E-state index contributed by atoms with van der Waals surface area (Å²) in [7, 11) is 0. The third-order valence-electron chi connectivity index (χ3n) is 3.86. The molecule has 0 spiro atoms. The van der Waals surface area contributed by atoms with Gasteiger partial charge in [0.25, 0.3) is 0 Å². The van der Waals surface area contributed by atoms with E-state index in [0.717, 1.165) is 29.4 Å². The Morgan fingerprint density at radius 1 is 1.18 bits per heavy atom. The first kappa shape index (κ1) is 11.5. The van der Waals surface area contributed by atoms with Gasteiger partial charge in [-0.15, -0.1) is 0 Å². The number of nitrogens with zero attached hydrogens (tertiary/aromatic N) is 3. The first-order valence-corrected chi connectivity index (χ1v) is 7.23. The lowest BCUT2D eigenvalue weighted by Crippen LogP contribution is -2.35. The number of likely N-dealkylation sites (tertiary alicyclic amines) is 1. The first-order valence-electron chi connectivity index (χ1n) is 6.43. The fourth-order valence-electron chi connectivity index (χ4n) is 2.91. The van der Waals surface area contributed by atoms with Gasteiger partial charge in [0.2, 0.25) is 0 Å². The molecular formula is C13H18BrN3. The molecule has 1 aromatic rings. The summed E-state index contributed by atoms with van der Waals surface area (Å²) < 4.78 is 1.05. The predicted octanol–water partition coefficient (Wildman–Crippen LogP) is 2.52. The van der Waals surface area contributed by atoms with Crippen molar-refractivity contribution in [1.82, 2.24) is 9.88 Å². The van der Waals surface area contributed by atoms with Crippen LogP contribution in [0.3, 0.4) is 0 Å². The Kier molecular flexibility index (Phi) is 3.34. The zero-order valence-electron chi connectivity index (χ0n) is 9.98. The summed E-state index contributed by atoms with van der Waals surface area (Å²) in [5.74, 6) is 1.12. The van der Waals surface area contributed by atoms with Gasteiger partial charge < -0.3 is 4.90 Å². The molecule has 2 fully saturated rings. The Labute approximate surface area is 111 Å². The molecule has 3 heterocycles. The number of hydrogen-bond donors (Lipinski definition) is 0. The normalized spacial score (nSPS) is 25.7. The van der Waals surface area contributed by atoms with Crippen LogP contribution in [0.25, 0.3) is 0 Å². The topological polar surface area (TPSA) is 19.4 Å². The van der Waals surface area contributed by atoms with E-state index in [0.29, 0.717) is 0 Å². The molecule has 92 valence electrons. The Hall–Kier alpha value is -0.610. The maximum absolute atomic E-state index is 4.48. The number of pyridine rings is 1. The SMILES string of the molecule is Brc1ccc(N2CC[C@H](N3CCCC3)C2)nc1. The van der Waals surface area contributed by atoms with E-state index in [-0.39, 0.29) is 0 Å². The lowest BCUT2D eigenvalue weighted by molar-refractivity contribution is 0.260. The molecule has 1 atom stereocenters. The Balaban J connectivity index is 1.65. The second-order valence-corrected chi connectivity index (χ2v) is 5.88. The molecule has 0 N–H and O–H groups in total. The second kappa shape index (κ2) is 4.94. The molecule has 0 aromatic carbocycles. The van der Waals surface area contributed by atoms with Gasteiger partial charge in [0.15, 0.2) is 0 Å². The van der Waals surface area contributed by atoms with Crippen molar-refractivity contribution in [2.75, 3.05) is 31.1 Å². The molecule has 2 saturated heterocycles. The molecule has 0 unspecified atom stereocenters. The Morgan fingerprint density at radius 3 is 2.71 bits per heavy atom. The van der Waals surface area contributed by atoms with Gasteiger partial charge in [0, 0.05) is 29.8 Å². The van der Waals surface area contributed by atoms with Crippen LogP contribution in [-0.4, -0.2) is 42.1 Å². The molecule has 1 aromatic heterocycles. The van der Waals surface area contributed by atoms with Crippen LogP contribution in [0.1, 0.15) is 19.3 Å². The minimum atomic E-state index is 0.753. The zero-order valence-corrected chi connectivity index (χ0v) is 11.6. The van der Waals surface area contributed by atoms with E-state index in [1.54, 1.807) is 0 Å². The largest absolute Gasteiger partial charge is 0.355 e. The highest BCUT2D eigenvalue weighted by Crippen LogP contribution is 2.24. The Morgan fingerprint density at radius 2 is 2.00 bits per heavy atom. The second-order valence-electron chi connectivity index (χ2n) is 4.97. The maximum Gasteiger partial charge on any atom is 0.128 e. The monoisotopic (exact) mass is 295 g/mol. The first-order chi connectivity index (χ1) is 8.33. The number of aromatic nitrogens is 1. The van der Waals surface area contributed by atoms with Gasteiger partial charge in [0.05, 0.1) is 0 Å². The van der Waals surface area contributed by atoms with Crippen molar-refractivity contribution in [2.24, 2.45) is 0 Å². The number of anilines is 1. The fraction of sp³-hybridized carbons (Fsp3) is 0.615. The summed E-state index contributed by atoms with van der Waals surface area (Å²) in [6.45, 7) is 4.89. The van der Waals surface area contributed by atoms with E-state index >= 15 is 0 Å². The highest BCUT2D eigenvalue weighted by Gasteiger charge is 2.29. The molecule has 2 aliphatic rings. The average Bonchev–Trinajstić information content (AvgIpc) is 3.00. The van der Waals surface area contributed by atoms with Crippen LogP contribution in [0.4, 0.5) is 5.82 Å². The molecule has 0 aliphatic carbocycles. The van der Waals surface area contributed by atoms with E-state index in [4.69, 9.17) is 0 Å². The van der Waals surface area contributed by atoms with Crippen molar-refractivity contribution in [3.05, 3.63) is 22.8 Å². The van der Waals surface area contributed by atoms with Gasteiger partial charge in [-0.2, -0.15) is 0 Å². The smallest absolute Gasteiger partial charge is 0.128 e.